The van der Waals surface area contributed by atoms with E-state index in [1.54, 1.807) is 0 Å². The number of nitrogens with zero attached hydrogens (tertiary/aromatic N) is 1. The first-order valence-electron chi connectivity index (χ1n) is 1.93. The smallest absolute Gasteiger partial charge is 0.0716 e. The van der Waals surface area contributed by atoms with Crippen molar-refractivity contribution in [1.82, 2.24) is 5.12 Å². The minimum atomic E-state index is 0.153. The van der Waals surface area contributed by atoms with Gasteiger partial charge in [0, 0.05) is 12.3 Å². The molecule has 1 nitrogen and oxygen atoms in total. The molecule has 0 radical (unpaired) electrons. The molecular formula is C3H8FNS2. The van der Waals surface area contributed by atoms with Crippen molar-refractivity contribution < 1.29 is 4.48 Å². The zero-order valence-electron chi connectivity index (χ0n) is 3.84. The van der Waals surface area contributed by atoms with Gasteiger partial charge in [-0.05, 0) is 0 Å². The second-order valence-corrected chi connectivity index (χ2v) is 1.78. The Kier molecular flexibility index (Phi) is 5.14. The van der Waals surface area contributed by atoms with Gasteiger partial charge in [0.2, 0.25) is 0 Å². The number of rotatable bonds is 3. The lowest BCUT2D eigenvalue weighted by molar-refractivity contribution is 0.0607. The molecule has 0 heterocycles. The summed E-state index contributed by atoms with van der Waals surface area (Å²) in [4.78, 5) is 0. The average molecular weight is 141 g/mol. The molecule has 0 unspecified atom stereocenters. The standard InChI is InChI=1S/C3H8FNS2/c4-5(3-7)1-2-6/h6-7H,1-3H2. The number of halogens is 1. The van der Waals surface area contributed by atoms with Crippen LogP contribution in [0.15, 0.2) is 0 Å². The van der Waals surface area contributed by atoms with Crippen LogP contribution in [0.4, 0.5) is 4.48 Å². The Hall–Kier alpha value is 0.590. The molecule has 0 aliphatic heterocycles. The first-order chi connectivity index (χ1) is 3.31. The highest BCUT2D eigenvalue weighted by Gasteiger charge is 1.92. The molecule has 0 spiro atoms. The van der Waals surface area contributed by atoms with E-state index in [-0.39, 0.29) is 5.88 Å². The van der Waals surface area contributed by atoms with Crippen molar-refractivity contribution in [2.24, 2.45) is 0 Å². The molecule has 0 amide bonds. The molecule has 7 heavy (non-hydrogen) atoms. The molecule has 4 heteroatoms. The van der Waals surface area contributed by atoms with Gasteiger partial charge in [-0.2, -0.15) is 25.3 Å². The van der Waals surface area contributed by atoms with Gasteiger partial charge in [0.05, 0.1) is 5.88 Å². The maximum Gasteiger partial charge on any atom is 0.0716 e. The van der Waals surface area contributed by atoms with Crippen molar-refractivity contribution in [2.45, 2.75) is 0 Å². The van der Waals surface area contributed by atoms with Crippen LogP contribution in [0.1, 0.15) is 0 Å². The summed E-state index contributed by atoms with van der Waals surface area (Å²) < 4.78 is 11.8. The maximum absolute atomic E-state index is 11.8. The number of hydrogen-bond donors (Lipinski definition) is 2. The van der Waals surface area contributed by atoms with Crippen molar-refractivity contribution in [3.05, 3.63) is 0 Å². The summed E-state index contributed by atoms with van der Waals surface area (Å²) in [5, 5.41) is 0.593. The fourth-order valence-corrected chi connectivity index (χ4v) is 0.538. The Balaban J connectivity index is 2.83. The monoisotopic (exact) mass is 141 g/mol. The van der Waals surface area contributed by atoms with Crippen LogP contribution in [0.25, 0.3) is 0 Å². The molecular weight excluding hydrogens is 133 g/mol. The molecule has 0 atom stereocenters. The van der Waals surface area contributed by atoms with Crippen LogP contribution in [0.5, 0.6) is 0 Å². The third kappa shape index (κ3) is 4.44. The molecule has 44 valence electrons. The van der Waals surface area contributed by atoms with Gasteiger partial charge in [0.1, 0.15) is 0 Å². The largest absolute Gasteiger partial charge is 0.178 e. The SMILES string of the molecule is FN(CS)CCS. The van der Waals surface area contributed by atoms with E-state index < -0.39 is 0 Å². The van der Waals surface area contributed by atoms with Crippen molar-refractivity contribution in [2.75, 3.05) is 18.2 Å². The second-order valence-electron chi connectivity index (χ2n) is 1.05. The first-order valence-corrected chi connectivity index (χ1v) is 3.20. The lowest BCUT2D eigenvalue weighted by Gasteiger charge is -2.02. The summed E-state index contributed by atoms with van der Waals surface area (Å²) in [6.07, 6.45) is 0. The minimum absolute atomic E-state index is 0.153. The Labute approximate surface area is 53.6 Å². The summed E-state index contributed by atoms with van der Waals surface area (Å²) in [6.45, 7) is 0.354. The highest BCUT2D eigenvalue weighted by Crippen LogP contribution is 1.90. The predicted octanol–water partition coefficient (Wildman–Crippen LogP) is 0.990. The molecule has 0 aliphatic carbocycles. The second kappa shape index (κ2) is 4.74. The summed E-state index contributed by atoms with van der Waals surface area (Å²) in [5.74, 6) is 0.692. The van der Waals surface area contributed by atoms with Crippen LogP contribution in [0, 0.1) is 0 Å². The van der Waals surface area contributed by atoms with Crippen molar-refractivity contribution in [1.29, 1.82) is 0 Å². The molecule has 0 aromatic heterocycles. The third-order valence-electron chi connectivity index (χ3n) is 0.496. The molecule has 0 aromatic rings. The van der Waals surface area contributed by atoms with E-state index in [0.717, 1.165) is 0 Å². The average Bonchev–Trinajstić information content (AvgIpc) is 1.68. The lowest BCUT2D eigenvalue weighted by atomic mass is 10.8. The topological polar surface area (TPSA) is 3.24 Å². The van der Waals surface area contributed by atoms with Gasteiger partial charge >= 0.3 is 0 Å². The van der Waals surface area contributed by atoms with Gasteiger partial charge in [0.25, 0.3) is 0 Å². The fraction of sp³-hybridized carbons (Fsp3) is 1.00. The van der Waals surface area contributed by atoms with Crippen molar-refractivity contribution in [3.63, 3.8) is 0 Å². The maximum atomic E-state index is 11.8. The van der Waals surface area contributed by atoms with E-state index >= 15 is 0 Å². The molecule has 0 saturated carbocycles. The van der Waals surface area contributed by atoms with Crippen LogP contribution < -0.4 is 0 Å². The van der Waals surface area contributed by atoms with Gasteiger partial charge in [-0.15, -0.1) is 9.60 Å². The Morgan fingerprint density at radius 2 is 2.00 bits per heavy atom. The first kappa shape index (κ1) is 7.59. The summed E-state index contributed by atoms with van der Waals surface area (Å²) >= 11 is 7.46. The highest BCUT2D eigenvalue weighted by atomic mass is 32.1. The predicted molar refractivity (Wildman–Crippen MR) is 35.5 cm³/mol. The zero-order valence-corrected chi connectivity index (χ0v) is 5.63. The summed E-state index contributed by atoms with van der Waals surface area (Å²) in [5.41, 5.74) is 0. The number of hydrogen-bond acceptors (Lipinski definition) is 3. The Morgan fingerprint density at radius 3 is 2.14 bits per heavy atom. The van der Waals surface area contributed by atoms with Crippen LogP contribution in [0.2, 0.25) is 0 Å². The van der Waals surface area contributed by atoms with E-state index in [4.69, 9.17) is 0 Å². The highest BCUT2D eigenvalue weighted by molar-refractivity contribution is 7.80. The number of thiol groups is 2. The van der Waals surface area contributed by atoms with E-state index in [1.165, 1.54) is 0 Å². The van der Waals surface area contributed by atoms with E-state index in [1.807, 2.05) is 0 Å². The molecule has 0 rings (SSSR count). The lowest BCUT2D eigenvalue weighted by Crippen LogP contribution is -2.13. The molecule has 0 fully saturated rings. The molecule has 0 aromatic carbocycles. The zero-order chi connectivity index (χ0) is 5.70. The van der Waals surface area contributed by atoms with Gasteiger partial charge in [-0.1, -0.05) is 0 Å². The molecule has 0 N–H and O–H groups in total. The molecule has 0 bridgehead atoms. The van der Waals surface area contributed by atoms with Gasteiger partial charge < -0.3 is 0 Å². The van der Waals surface area contributed by atoms with Gasteiger partial charge in [-0.3, -0.25) is 0 Å². The fourth-order valence-electron chi connectivity index (χ4n) is 0.179. The van der Waals surface area contributed by atoms with Crippen molar-refractivity contribution >= 4 is 25.3 Å². The Morgan fingerprint density at radius 1 is 1.43 bits per heavy atom. The third-order valence-corrected chi connectivity index (χ3v) is 1.00. The molecule has 0 aliphatic rings. The normalized spacial score (nSPS) is 10.3. The quantitative estimate of drug-likeness (QED) is 0.337. The van der Waals surface area contributed by atoms with E-state index in [9.17, 15) is 4.48 Å². The minimum Gasteiger partial charge on any atom is -0.178 e. The van der Waals surface area contributed by atoms with Crippen LogP contribution in [0.3, 0.4) is 0 Å². The van der Waals surface area contributed by atoms with Crippen LogP contribution in [-0.4, -0.2) is 23.3 Å². The Bertz CT molecular complexity index is 43.9. The van der Waals surface area contributed by atoms with Crippen LogP contribution in [-0.2, 0) is 0 Å². The summed E-state index contributed by atoms with van der Waals surface area (Å²) in [7, 11) is 0. The van der Waals surface area contributed by atoms with Crippen molar-refractivity contribution in [3.8, 4) is 0 Å². The summed E-state index contributed by atoms with van der Waals surface area (Å²) in [6, 6.07) is 0. The van der Waals surface area contributed by atoms with Gasteiger partial charge in [-0.25, -0.2) is 0 Å². The molecule has 0 saturated heterocycles. The van der Waals surface area contributed by atoms with E-state index in [2.05, 4.69) is 25.3 Å². The van der Waals surface area contributed by atoms with Crippen LogP contribution >= 0.6 is 25.3 Å². The van der Waals surface area contributed by atoms with Gasteiger partial charge in [0.15, 0.2) is 0 Å². The van der Waals surface area contributed by atoms with E-state index in [0.29, 0.717) is 17.4 Å².